The molecule has 5 heteroatoms. The Morgan fingerprint density at radius 2 is 1.86 bits per heavy atom. The van der Waals surface area contributed by atoms with Gasteiger partial charge in [0.25, 0.3) is 0 Å². The molecule has 0 saturated heterocycles. The molecule has 0 aliphatic rings. The molecule has 0 spiro atoms. The van der Waals surface area contributed by atoms with Gasteiger partial charge in [-0.3, -0.25) is 14.4 Å². The Labute approximate surface area is 124 Å². The van der Waals surface area contributed by atoms with Crippen molar-refractivity contribution >= 4 is 23.7 Å². The average Bonchev–Trinajstić information content (AvgIpc) is 2.46. The number of hydrogen-bond acceptors (Lipinski definition) is 4. The molecule has 0 fully saturated rings. The van der Waals surface area contributed by atoms with Crippen molar-refractivity contribution in [3.8, 4) is 0 Å². The minimum absolute atomic E-state index is 0.0222. The highest BCUT2D eigenvalue weighted by molar-refractivity contribution is 6.03. The number of carbonyl (C=O) groups is 3. The van der Waals surface area contributed by atoms with E-state index in [1.54, 1.807) is 13.0 Å². The van der Waals surface area contributed by atoms with Gasteiger partial charge in [0.1, 0.15) is 0 Å². The number of hydrogen-bond donors (Lipinski definition) is 1. The molecule has 0 radical (unpaired) electrons. The van der Waals surface area contributed by atoms with Gasteiger partial charge in [-0.25, -0.2) is 0 Å². The van der Waals surface area contributed by atoms with Crippen LogP contribution >= 0.6 is 0 Å². The number of benzene rings is 1. The summed E-state index contributed by atoms with van der Waals surface area (Å²) in [6.07, 6.45) is 1.57. The fraction of sp³-hybridized carbons (Fsp3) is 0.312. The van der Waals surface area contributed by atoms with Crippen molar-refractivity contribution in [2.75, 3.05) is 7.11 Å². The van der Waals surface area contributed by atoms with Crippen molar-refractivity contribution in [3.05, 3.63) is 41.6 Å². The van der Waals surface area contributed by atoms with Gasteiger partial charge in [0.2, 0.25) is 5.91 Å². The Bertz CT molecular complexity index is 549. The highest BCUT2D eigenvalue weighted by Gasteiger charge is 2.20. The lowest BCUT2D eigenvalue weighted by molar-refractivity contribution is -0.146. The molecule has 21 heavy (non-hydrogen) atoms. The first-order valence-electron chi connectivity index (χ1n) is 6.59. The van der Waals surface area contributed by atoms with Crippen LogP contribution in [0.1, 0.15) is 25.8 Å². The third kappa shape index (κ3) is 5.60. The standard InChI is InChI=1S/C16H19NO4/c1-11(16(20)21-3)9-15(19)14(17-12(2)18)10-13-7-5-4-6-8-13/h4-8,10-11H,9H2,1-3H3,(H,17,18)/t11-/m1/s1. The van der Waals surface area contributed by atoms with E-state index in [-0.39, 0.29) is 23.8 Å². The van der Waals surface area contributed by atoms with Crippen LogP contribution in [-0.4, -0.2) is 24.8 Å². The summed E-state index contributed by atoms with van der Waals surface area (Å²) in [5, 5.41) is 2.51. The van der Waals surface area contributed by atoms with Crippen LogP contribution in [0.15, 0.2) is 36.0 Å². The monoisotopic (exact) mass is 289 g/mol. The van der Waals surface area contributed by atoms with E-state index < -0.39 is 11.9 Å². The number of methoxy groups -OCH3 is 1. The number of amides is 1. The summed E-state index contributed by atoms with van der Waals surface area (Å²) in [7, 11) is 1.28. The summed E-state index contributed by atoms with van der Waals surface area (Å²) in [5.41, 5.74) is 0.963. The molecule has 0 saturated carbocycles. The Morgan fingerprint density at radius 1 is 1.24 bits per heavy atom. The highest BCUT2D eigenvalue weighted by Crippen LogP contribution is 2.12. The molecule has 112 valence electrons. The van der Waals surface area contributed by atoms with E-state index in [2.05, 4.69) is 10.1 Å². The predicted octanol–water partition coefficient (Wildman–Crippen LogP) is 1.93. The molecule has 5 nitrogen and oxygen atoms in total. The molecule has 1 aromatic carbocycles. The van der Waals surface area contributed by atoms with Gasteiger partial charge in [0.15, 0.2) is 5.78 Å². The predicted molar refractivity (Wildman–Crippen MR) is 79.0 cm³/mol. The minimum Gasteiger partial charge on any atom is -0.469 e. The molecule has 1 N–H and O–H groups in total. The van der Waals surface area contributed by atoms with Crippen molar-refractivity contribution in [2.45, 2.75) is 20.3 Å². The number of esters is 1. The Hall–Kier alpha value is -2.43. The molecule has 1 aromatic rings. The van der Waals surface area contributed by atoms with Gasteiger partial charge in [0.05, 0.1) is 18.7 Å². The topological polar surface area (TPSA) is 72.5 Å². The minimum atomic E-state index is -0.560. The normalized spacial score (nSPS) is 12.4. The van der Waals surface area contributed by atoms with Crippen molar-refractivity contribution < 1.29 is 19.1 Å². The Morgan fingerprint density at radius 3 is 2.38 bits per heavy atom. The van der Waals surface area contributed by atoms with Gasteiger partial charge in [0, 0.05) is 13.3 Å². The third-order valence-corrected chi connectivity index (χ3v) is 2.82. The summed E-state index contributed by atoms with van der Waals surface area (Å²) in [4.78, 5) is 34.8. The number of rotatable bonds is 6. The fourth-order valence-corrected chi connectivity index (χ4v) is 1.76. The van der Waals surface area contributed by atoms with Gasteiger partial charge in [-0.15, -0.1) is 0 Å². The second-order valence-corrected chi connectivity index (χ2v) is 4.70. The zero-order chi connectivity index (χ0) is 15.8. The smallest absolute Gasteiger partial charge is 0.308 e. The molecule has 0 bridgehead atoms. The van der Waals surface area contributed by atoms with Crippen LogP contribution in [0.5, 0.6) is 0 Å². The molecule has 0 aliphatic carbocycles. The summed E-state index contributed by atoms with van der Waals surface area (Å²) in [6, 6.07) is 9.16. The molecule has 0 unspecified atom stereocenters. The van der Waals surface area contributed by atoms with E-state index >= 15 is 0 Å². The second kappa shape index (κ2) is 7.99. The number of Topliss-reactive ketones (excluding diaryl/α,β-unsaturated/α-hetero) is 1. The molecule has 1 atom stereocenters. The lowest BCUT2D eigenvalue weighted by atomic mass is 10.0. The van der Waals surface area contributed by atoms with E-state index in [1.807, 2.05) is 30.3 Å². The van der Waals surface area contributed by atoms with E-state index in [4.69, 9.17) is 0 Å². The quantitative estimate of drug-likeness (QED) is 0.641. The van der Waals surface area contributed by atoms with E-state index in [1.165, 1.54) is 14.0 Å². The third-order valence-electron chi connectivity index (χ3n) is 2.82. The van der Waals surface area contributed by atoms with Crippen LogP contribution in [0.25, 0.3) is 6.08 Å². The van der Waals surface area contributed by atoms with Crippen molar-refractivity contribution in [1.29, 1.82) is 0 Å². The van der Waals surface area contributed by atoms with Crippen LogP contribution < -0.4 is 5.32 Å². The van der Waals surface area contributed by atoms with Crippen LogP contribution in [0.3, 0.4) is 0 Å². The maximum atomic E-state index is 12.2. The fourth-order valence-electron chi connectivity index (χ4n) is 1.76. The molecule has 1 rings (SSSR count). The Kier molecular flexibility index (Phi) is 6.33. The Balaban J connectivity index is 2.92. The van der Waals surface area contributed by atoms with Crippen molar-refractivity contribution in [2.24, 2.45) is 5.92 Å². The summed E-state index contributed by atoms with van der Waals surface area (Å²) < 4.78 is 4.59. The number of ether oxygens (including phenoxy) is 1. The largest absolute Gasteiger partial charge is 0.469 e. The summed E-state index contributed by atoms with van der Waals surface area (Å²) in [6.45, 7) is 2.94. The number of carbonyl (C=O) groups excluding carboxylic acids is 3. The zero-order valence-electron chi connectivity index (χ0n) is 12.4. The molecular formula is C16H19NO4. The number of allylic oxidation sites excluding steroid dienone is 1. The molecule has 0 aliphatic heterocycles. The van der Waals surface area contributed by atoms with E-state index in [9.17, 15) is 14.4 Å². The number of nitrogens with one attached hydrogen (secondary N) is 1. The van der Waals surface area contributed by atoms with E-state index in [0.29, 0.717) is 0 Å². The van der Waals surface area contributed by atoms with Gasteiger partial charge < -0.3 is 10.1 Å². The van der Waals surface area contributed by atoms with Crippen LogP contribution in [0.2, 0.25) is 0 Å². The summed E-state index contributed by atoms with van der Waals surface area (Å²) >= 11 is 0. The van der Waals surface area contributed by atoms with Crippen LogP contribution in [0, 0.1) is 5.92 Å². The average molecular weight is 289 g/mol. The maximum Gasteiger partial charge on any atom is 0.308 e. The van der Waals surface area contributed by atoms with Crippen molar-refractivity contribution in [1.82, 2.24) is 5.32 Å². The zero-order valence-corrected chi connectivity index (χ0v) is 12.4. The summed E-state index contributed by atoms with van der Waals surface area (Å²) in [5.74, 6) is -1.66. The molecule has 1 amide bonds. The van der Waals surface area contributed by atoms with Crippen LogP contribution in [0.4, 0.5) is 0 Å². The molecule has 0 heterocycles. The van der Waals surface area contributed by atoms with Gasteiger partial charge in [-0.05, 0) is 11.6 Å². The van der Waals surface area contributed by atoms with Gasteiger partial charge in [-0.2, -0.15) is 0 Å². The first-order chi connectivity index (χ1) is 9.93. The first kappa shape index (κ1) is 16.6. The molecular weight excluding hydrogens is 270 g/mol. The lowest BCUT2D eigenvalue weighted by Gasteiger charge is -2.11. The highest BCUT2D eigenvalue weighted by atomic mass is 16.5. The van der Waals surface area contributed by atoms with Gasteiger partial charge >= 0.3 is 5.97 Å². The SMILES string of the molecule is COC(=O)[C@H](C)CC(=O)C(=Cc1ccccc1)NC(C)=O. The molecule has 0 aromatic heterocycles. The lowest BCUT2D eigenvalue weighted by Crippen LogP contribution is -2.27. The number of ketones is 1. The van der Waals surface area contributed by atoms with Crippen LogP contribution in [-0.2, 0) is 19.1 Å². The van der Waals surface area contributed by atoms with Gasteiger partial charge in [-0.1, -0.05) is 37.3 Å². The maximum absolute atomic E-state index is 12.2. The van der Waals surface area contributed by atoms with Crippen molar-refractivity contribution in [3.63, 3.8) is 0 Å². The first-order valence-corrected chi connectivity index (χ1v) is 6.59. The van der Waals surface area contributed by atoms with E-state index in [0.717, 1.165) is 5.56 Å². The second-order valence-electron chi connectivity index (χ2n) is 4.70.